The number of aromatic nitrogens is 1. The van der Waals surface area contributed by atoms with Crippen LogP contribution in [0.4, 0.5) is 0 Å². The first kappa shape index (κ1) is 31.4. The highest BCUT2D eigenvalue weighted by Crippen LogP contribution is 2.56. The van der Waals surface area contributed by atoms with Crippen LogP contribution < -0.4 is 0 Å². The lowest BCUT2D eigenvalue weighted by molar-refractivity contribution is 1.19. The Morgan fingerprint density at radius 3 is 1.54 bits per heavy atom. The molecule has 1 heterocycles. The molecule has 14 aromatic rings. The lowest BCUT2D eigenvalue weighted by Gasteiger charge is -2.19. The van der Waals surface area contributed by atoms with E-state index in [9.17, 15) is 0 Å². The van der Waals surface area contributed by atoms with E-state index in [1.54, 1.807) is 0 Å². The van der Waals surface area contributed by atoms with Gasteiger partial charge in [-0.25, -0.2) is 0 Å². The summed E-state index contributed by atoms with van der Waals surface area (Å²) in [6.07, 6.45) is 0. The van der Waals surface area contributed by atoms with E-state index in [0.717, 1.165) is 0 Å². The summed E-state index contributed by atoms with van der Waals surface area (Å²) in [7, 11) is 0. The van der Waals surface area contributed by atoms with E-state index in [4.69, 9.17) is 0 Å². The second kappa shape index (κ2) is 11.4. The number of benzene rings is 11. The van der Waals surface area contributed by atoms with Crippen LogP contribution in [0, 0.1) is 0 Å². The van der Waals surface area contributed by atoms with Crippen molar-refractivity contribution in [2.75, 3.05) is 0 Å². The molecule has 0 aliphatic heterocycles. The fourth-order valence-corrected chi connectivity index (χ4v) is 11.1. The normalized spacial score (nSPS) is 12.4. The third kappa shape index (κ3) is 4.04. The molecule has 0 saturated carbocycles. The van der Waals surface area contributed by atoms with Crippen molar-refractivity contribution in [3.63, 3.8) is 0 Å². The van der Waals surface area contributed by atoms with Gasteiger partial charge >= 0.3 is 0 Å². The molecule has 0 saturated heterocycles. The Kier molecular flexibility index (Phi) is 6.08. The van der Waals surface area contributed by atoms with Gasteiger partial charge in [0.15, 0.2) is 0 Å². The van der Waals surface area contributed by atoms with E-state index in [2.05, 4.69) is 205 Å². The number of hydrogen-bond acceptors (Lipinski definition) is 0. The van der Waals surface area contributed by atoms with Crippen LogP contribution in [-0.4, -0.2) is 4.57 Å². The number of hydrogen-bond donors (Lipinski definition) is 0. The lowest BCUT2D eigenvalue weighted by atomic mass is 9.84. The van der Waals surface area contributed by atoms with E-state index >= 15 is 0 Å². The topological polar surface area (TPSA) is 4.93 Å². The van der Waals surface area contributed by atoms with Gasteiger partial charge in [0.25, 0.3) is 0 Å². The van der Waals surface area contributed by atoms with Crippen molar-refractivity contribution >= 4 is 108 Å². The fraction of sp³-hybridized carbons (Fsp3) is 0. The smallest absolute Gasteiger partial charge is 0.0553 e. The molecule has 0 bridgehead atoms. The predicted molar refractivity (Wildman–Crippen MR) is 254 cm³/mol. The quantitative estimate of drug-likeness (QED) is 0.159. The standard InChI is InChI=1S/C58H33N/c1-3-16-35(17-4-1)51-47-32-46-40-22-10-9-21-39(40)41-24-13-26-44(53(41)46)56(47)52(36-18-5-2-6-19-36)58-48-33-50-55(43-25-14-27-45(54(43)48)57(51)58)42-23-11-12-28-49(42)59(50)38-30-29-34-15-7-8-20-37(34)31-38/h1-33H. The molecule has 0 N–H and O–H groups in total. The average Bonchev–Trinajstić information content (AvgIpc) is 3.93. The maximum atomic E-state index is 2.53. The van der Waals surface area contributed by atoms with Gasteiger partial charge < -0.3 is 4.57 Å². The van der Waals surface area contributed by atoms with Crippen LogP contribution in [0.5, 0.6) is 0 Å². The Bertz CT molecular complexity index is 4040. The van der Waals surface area contributed by atoms with Gasteiger partial charge in [0.05, 0.1) is 11.0 Å². The maximum absolute atomic E-state index is 2.53. The Morgan fingerprint density at radius 1 is 0.237 bits per heavy atom. The van der Waals surface area contributed by atoms with Crippen molar-refractivity contribution in [2.24, 2.45) is 0 Å². The van der Waals surface area contributed by atoms with E-state index in [-0.39, 0.29) is 0 Å². The molecular weight excluding hydrogens is 711 g/mol. The van der Waals surface area contributed by atoms with Gasteiger partial charge in [0, 0.05) is 16.5 Å². The molecule has 1 nitrogen and oxygen atoms in total. The number of rotatable bonds is 3. The minimum Gasteiger partial charge on any atom is -0.309 e. The van der Waals surface area contributed by atoms with Crippen LogP contribution in [0.2, 0.25) is 0 Å². The molecule has 13 aromatic carbocycles. The second-order valence-corrected chi connectivity index (χ2v) is 16.3. The van der Waals surface area contributed by atoms with Crippen LogP contribution >= 0.6 is 0 Å². The average molecular weight is 744 g/mol. The summed E-state index contributed by atoms with van der Waals surface area (Å²) in [6, 6.07) is 74.9. The highest BCUT2D eigenvalue weighted by molar-refractivity contribution is 6.46. The Hall–Kier alpha value is -7.74. The lowest BCUT2D eigenvalue weighted by Crippen LogP contribution is -1.94. The number of para-hydroxylation sites is 1. The minimum absolute atomic E-state index is 1.17. The fourth-order valence-electron chi connectivity index (χ4n) is 11.1. The first-order chi connectivity index (χ1) is 29.3. The molecule has 59 heavy (non-hydrogen) atoms. The zero-order valence-corrected chi connectivity index (χ0v) is 32.0. The minimum atomic E-state index is 1.17. The van der Waals surface area contributed by atoms with Gasteiger partial charge in [0.1, 0.15) is 0 Å². The zero-order chi connectivity index (χ0) is 38.3. The monoisotopic (exact) mass is 743 g/mol. The first-order valence-corrected chi connectivity index (χ1v) is 20.6. The summed E-state index contributed by atoms with van der Waals surface area (Å²) < 4.78 is 2.51. The molecular formula is C58H33N. The Balaban J connectivity index is 1.28. The largest absolute Gasteiger partial charge is 0.309 e. The first-order valence-electron chi connectivity index (χ1n) is 20.6. The number of nitrogens with zero attached hydrogens (tertiary/aromatic N) is 1. The summed E-state index contributed by atoms with van der Waals surface area (Å²) in [6.45, 7) is 0. The molecule has 0 aliphatic carbocycles. The molecule has 0 fully saturated rings. The molecule has 0 spiro atoms. The van der Waals surface area contributed by atoms with E-state index in [1.165, 1.54) is 136 Å². The molecule has 0 unspecified atom stereocenters. The van der Waals surface area contributed by atoms with E-state index in [1.807, 2.05) is 0 Å². The summed E-state index contributed by atoms with van der Waals surface area (Å²) in [5, 5.41) is 23.5. The molecule has 14 rings (SSSR count). The molecule has 270 valence electrons. The third-order valence-electron chi connectivity index (χ3n) is 13.4. The van der Waals surface area contributed by atoms with Crippen LogP contribution in [0.25, 0.3) is 136 Å². The van der Waals surface area contributed by atoms with E-state index in [0.29, 0.717) is 0 Å². The molecule has 0 amide bonds. The Morgan fingerprint density at radius 2 is 0.780 bits per heavy atom. The van der Waals surface area contributed by atoms with Gasteiger partial charge in [-0.1, -0.05) is 170 Å². The highest BCUT2D eigenvalue weighted by Gasteiger charge is 2.28. The molecule has 1 heteroatoms. The van der Waals surface area contributed by atoms with Gasteiger partial charge in [-0.05, 0) is 139 Å². The summed E-state index contributed by atoms with van der Waals surface area (Å²) >= 11 is 0. The van der Waals surface area contributed by atoms with Crippen molar-refractivity contribution in [3.8, 4) is 27.9 Å². The van der Waals surface area contributed by atoms with Crippen LogP contribution in [-0.2, 0) is 0 Å². The summed E-state index contributed by atoms with van der Waals surface area (Å²) in [5.41, 5.74) is 8.71. The van der Waals surface area contributed by atoms with E-state index < -0.39 is 0 Å². The molecule has 0 aliphatic rings. The summed E-state index contributed by atoms with van der Waals surface area (Å²) in [5.74, 6) is 0. The van der Waals surface area contributed by atoms with Crippen molar-refractivity contribution in [1.82, 2.24) is 4.57 Å². The van der Waals surface area contributed by atoms with Gasteiger partial charge in [-0.3, -0.25) is 0 Å². The van der Waals surface area contributed by atoms with Crippen LogP contribution in [0.15, 0.2) is 200 Å². The highest BCUT2D eigenvalue weighted by atomic mass is 15.0. The van der Waals surface area contributed by atoms with Crippen LogP contribution in [0.3, 0.4) is 0 Å². The molecule has 0 atom stereocenters. The maximum Gasteiger partial charge on any atom is 0.0553 e. The van der Waals surface area contributed by atoms with Gasteiger partial charge in [-0.2, -0.15) is 0 Å². The second-order valence-electron chi connectivity index (χ2n) is 16.3. The third-order valence-corrected chi connectivity index (χ3v) is 13.4. The van der Waals surface area contributed by atoms with Crippen molar-refractivity contribution in [1.29, 1.82) is 0 Å². The number of fused-ring (bicyclic) bond motifs is 13. The SMILES string of the molecule is c1ccc(-c2c3cc4c5ccccc5c5cccc(c3c(-c3ccccc3)c3c6cc7c(c8cccc(c23)c68)c2ccccc2n7-c2ccc3ccccc3c2)c54)cc1. The van der Waals surface area contributed by atoms with Crippen molar-refractivity contribution in [3.05, 3.63) is 200 Å². The van der Waals surface area contributed by atoms with Crippen molar-refractivity contribution in [2.45, 2.75) is 0 Å². The summed E-state index contributed by atoms with van der Waals surface area (Å²) in [4.78, 5) is 0. The van der Waals surface area contributed by atoms with Gasteiger partial charge in [-0.15, -0.1) is 0 Å². The molecule has 0 radical (unpaired) electrons. The predicted octanol–water partition coefficient (Wildman–Crippen LogP) is 16.2. The van der Waals surface area contributed by atoms with Gasteiger partial charge in [0.2, 0.25) is 0 Å². The van der Waals surface area contributed by atoms with Crippen molar-refractivity contribution < 1.29 is 0 Å². The van der Waals surface area contributed by atoms with Crippen LogP contribution in [0.1, 0.15) is 0 Å². The zero-order valence-electron chi connectivity index (χ0n) is 32.0. The Labute approximate surface area is 339 Å². The molecule has 1 aromatic heterocycles.